The second-order valence-corrected chi connectivity index (χ2v) is 4.89. The number of aryl methyl sites for hydroxylation is 1. The number of alkyl halides is 1. The van der Waals surface area contributed by atoms with Crippen LogP contribution in [0.15, 0.2) is 18.3 Å². The lowest BCUT2D eigenvalue weighted by Gasteiger charge is -2.25. The van der Waals surface area contributed by atoms with Gasteiger partial charge in [-0.05, 0) is 44.2 Å². The zero-order valence-corrected chi connectivity index (χ0v) is 10.6. The van der Waals surface area contributed by atoms with Gasteiger partial charge in [-0.25, -0.2) is 4.98 Å². The molecule has 1 aromatic heterocycles. The van der Waals surface area contributed by atoms with Crippen LogP contribution in [-0.2, 0) is 0 Å². The van der Waals surface area contributed by atoms with Crippen LogP contribution in [0.25, 0.3) is 0 Å². The lowest BCUT2D eigenvalue weighted by Crippen LogP contribution is -2.29. The smallest absolute Gasteiger partial charge is 0.128 e. The van der Waals surface area contributed by atoms with Crippen molar-refractivity contribution in [3.05, 3.63) is 23.9 Å². The van der Waals surface area contributed by atoms with Crippen LogP contribution < -0.4 is 4.90 Å². The fourth-order valence-electron chi connectivity index (χ4n) is 2.38. The highest BCUT2D eigenvalue weighted by Gasteiger charge is 2.24. The van der Waals surface area contributed by atoms with Crippen molar-refractivity contribution in [3.63, 3.8) is 0 Å². The van der Waals surface area contributed by atoms with Crippen LogP contribution in [0.4, 0.5) is 5.82 Å². The van der Waals surface area contributed by atoms with Gasteiger partial charge in [-0.15, -0.1) is 11.6 Å². The maximum Gasteiger partial charge on any atom is 0.128 e. The first kappa shape index (κ1) is 11.7. The Morgan fingerprint density at radius 2 is 2.38 bits per heavy atom. The third-order valence-electron chi connectivity index (χ3n) is 3.24. The lowest BCUT2D eigenvalue weighted by atomic mass is 10.1. The van der Waals surface area contributed by atoms with Crippen molar-refractivity contribution in [3.8, 4) is 0 Å². The monoisotopic (exact) mass is 238 g/mol. The molecule has 0 aliphatic carbocycles. The van der Waals surface area contributed by atoms with Crippen LogP contribution in [0.3, 0.4) is 0 Å². The highest BCUT2D eigenvalue weighted by atomic mass is 35.5. The Labute approximate surface area is 103 Å². The van der Waals surface area contributed by atoms with Gasteiger partial charge in [0.25, 0.3) is 0 Å². The molecule has 0 amide bonds. The van der Waals surface area contributed by atoms with Crippen molar-refractivity contribution in [1.29, 1.82) is 0 Å². The number of rotatable bonds is 4. The molecule has 1 fully saturated rings. The SMILES string of the molecule is Cc1ccc(N2CCCC2CCCCl)nc1. The number of nitrogens with zero attached hydrogens (tertiary/aromatic N) is 2. The molecule has 1 unspecified atom stereocenters. The molecular weight excluding hydrogens is 220 g/mol. The molecule has 2 heterocycles. The Balaban J connectivity index is 2.04. The Morgan fingerprint density at radius 1 is 1.50 bits per heavy atom. The van der Waals surface area contributed by atoms with E-state index < -0.39 is 0 Å². The molecule has 3 heteroatoms. The van der Waals surface area contributed by atoms with E-state index in [4.69, 9.17) is 11.6 Å². The van der Waals surface area contributed by atoms with Crippen molar-refractivity contribution in [1.82, 2.24) is 4.98 Å². The van der Waals surface area contributed by atoms with Gasteiger partial charge in [-0.1, -0.05) is 6.07 Å². The molecule has 16 heavy (non-hydrogen) atoms. The number of halogens is 1. The lowest BCUT2D eigenvalue weighted by molar-refractivity contribution is 0.598. The third-order valence-corrected chi connectivity index (χ3v) is 3.51. The fraction of sp³-hybridized carbons (Fsp3) is 0.615. The zero-order valence-electron chi connectivity index (χ0n) is 9.82. The van der Waals surface area contributed by atoms with E-state index in [1.807, 2.05) is 6.20 Å². The predicted molar refractivity (Wildman–Crippen MR) is 69.3 cm³/mol. The third kappa shape index (κ3) is 2.67. The fourth-order valence-corrected chi connectivity index (χ4v) is 2.53. The molecule has 0 radical (unpaired) electrons. The summed E-state index contributed by atoms with van der Waals surface area (Å²) in [6.45, 7) is 3.22. The molecule has 1 saturated heterocycles. The number of hydrogen-bond acceptors (Lipinski definition) is 2. The summed E-state index contributed by atoms with van der Waals surface area (Å²) in [6, 6.07) is 4.92. The molecule has 0 bridgehead atoms. The van der Waals surface area contributed by atoms with E-state index in [9.17, 15) is 0 Å². The Hall–Kier alpha value is -0.760. The molecule has 1 aromatic rings. The summed E-state index contributed by atoms with van der Waals surface area (Å²) < 4.78 is 0. The molecule has 2 rings (SSSR count). The Kier molecular flexibility index (Phi) is 4.05. The van der Waals surface area contributed by atoms with E-state index in [-0.39, 0.29) is 0 Å². The molecule has 1 atom stereocenters. The average Bonchev–Trinajstić information content (AvgIpc) is 2.75. The second kappa shape index (κ2) is 5.53. The van der Waals surface area contributed by atoms with E-state index in [0.29, 0.717) is 6.04 Å². The number of anilines is 1. The van der Waals surface area contributed by atoms with Crippen molar-refractivity contribution < 1.29 is 0 Å². The summed E-state index contributed by atoms with van der Waals surface area (Å²) in [5.41, 5.74) is 1.22. The summed E-state index contributed by atoms with van der Waals surface area (Å²) >= 11 is 5.76. The normalized spacial score (nSPS) is 20.4. The molecule has 0 aromatic carbocycles. The quantitative estimate of drug-likeness (QED) is 0.748. The maximum absolute atomic E-state index is 5.76. The van der Waals surface area contributed by atoms with Crippen LogP contribution in [0, 0.1) is 6.92 Å². The molecule has 88 valence electrons. The van der Waals surface area contributed by atoms with Crippen molar-refractivity contribution in [2.75, 3.05) is 17.3 Å². The standard InChI is InChI=1S/C13H19ClN2/c1-11-6-7-13(15-10-11)16-9-3-5-12(16)4-2-8-14/h6-7,10,12H,2-5,8-9H2,1H3. The minimum atomic E-state index is 0.647. The van der Waals surface area contributed by atoms with E-state index in [2.05, 4.69) is 28.9 Å². The highest BCUT2D eigenvalue weighted by Crippen LogP contribution is 2.26. The summed E-state index contributed by atoms with van der Waals surface area (Å²) in [5, 5.41) is 0. The van der Waals surface area contributed by atoms with E-state index in [0.717, 1.165) is 24.7 Å². The van der Waals surface area contributed by atoms with Crippen molar-refractivity contribution >= 4 is 17.4 Å². The molecule has 1 aliphatic rings. The van der Waals surface area contributed by atoms with Gasteiger partial charge < -0.3 is 4.90 Å². The number of hydrogen-bond donors (Lipinski definition) is 0. The maximum atomic E-state index is 5.76. The van der Waals surface area contributed by atoms with Gasteiger partial charge in [0.15, 0.2) is 0 Å². The summed E-state index contributed by atoms with van der Waals surface area (Å²) in [6.07, 6.45) is 6.81. The van der Waals surface area contributed by atoms with E-state index in [1.54, 1.807) is 0 Å². The van der Waals surface area contributed by atoms with Gasteiger partial charge in [-0.2, -0.15) is 0 Å². The zero-order chi connectivity index (χ0) is 11.4. The van der Waals surface area contributed by atoms with Crippen molar-refractivity contribution in [2.45, 2.75) is 38.6 Å². The molecule has 0 N–H and O–H groups in total. The van der Waals surface area contributed by atoms with Gasteiger partial charge >= 0.3 is 0 Å². The van der Waals surface area contributed by atoms with Crippen LogP contribution in [0.1, 0.15) is 31.2 Å². The van der Waals surface area contributed by atoms with Gasteiger partial charge in [-0.3, -0.25) is 0 Å². The van der Waals surface area contributed by atoms with Gasteiger partial charge in [0.2, 0.25) is 0 Å². The van der Waals surface area contributed by atoms with Gasteiger partial charge in [0.05, 0.1) is 0 Å². The molecule has 0 saturated carbocycles. The first-order valence-corrected chi connectivity index (χ1v) is 6.60. The number of pyridine rings is 1. The molecular formula is C13H19ClN2. The average molecular weight is 239 g/mol. The van der Waals surface area contributed by atoms with E-state index in [1.165, 1.54) is 24.8 Å². The predicted octanol–water partition coefficient (Wildman–Crippen LogP) is 3.38. The van der Waals surface area contributed by atoms with Crippen LogP contribution >= 0.6 is 11.6 Å². The van der Waals surface area contributed by atoms with Crippen LogP contribution in [0.2, 0.25) is 0 Å². The first-order chi connectivity index (χ1) is 7.81. The summed E-state index contributed by atoms with van der Waals surface area (Å²) in [5.74, 6) is 1.90. The minimum Gasteiger partial charge on any atom is -0.354 e. The van der Waals surface area contributed by atoms with E-state index >= 15 is 0 Å². The van der Waals surface area contributed by atoms with Crippen molar-refractivity contribution in [2.24, 2.45) is 0 Å². The number of aromatic nitrogens is 1. The van der Waals surface area contributed by atoms with Gasteiger partial charge in [0, 0.05) is 24.7 Å². The Morgan fingerprint density at radius 3 is 3.06 bits per heavy atom. The summed E-state index contributed by atoms with van der Waals surface area (Å²) in [7, 11) is 0. The molecule has 0 spiro atoms. The van der Waals surface area contributed by atoms with Crippen LogP contribution in [-0.4, -0.2) is 23.5 Å². The second-order valence-electron chi connectivity index (χ2n) is 4.51. The molecule has 2 nitrogen and oxygen atoms in total. The van der Waals surface area contributed by atoms with Gasteiger partial charge in [0.1, 0.15) is 5.82 Å². The highest BCUT2D eigenvalue weighted by molar-refractivity contribution is 6.17. The molecule has 1 aliphatic heterocycles. The minimum absolute atomic E-state index is 0.647. The Bertz CT molecular complexity index is 323. The summed E-state index contributed by atoms with van der Waals surface area (Å²) in [4.78, 5) is 6.95. The first-order valence-electron chi connectivity index (χ1n) is 6.06. The topological polar surface area (TPSA) is 16.1 Å². The van der Waals surface area contributed by atoms with Crippen LogP contribution in [0.5, 0.6) is 0 Å². The largest absolute Gasteiger partial charge is 0.354 e.